The van der Waals surface area contributed by atoms with Crippen LogP contribution in [0.1, 0.15) is 84.0 Å². The Morgan fingerprint density at radius 1 is 0.647 bits per heavy atom. The molecular weight excluding hydrogens is 208 g/mol. The Morgan fingerprint density at radius 2 is 1.12 bits per heavy atom. The summed E-state index contributed by atoms with van der Waals surface area (Å²) in [6, 6.07) is 0. The molecule has 17 heavy (non-hydrogen) atoms. The van der Waals surface area contributed by atoms with Crippen LogP contribution in [0.25, 0.3) is 0 Å². The molecule has 0 saturated heterocycles. The van der Waals surface area contributed by atoms with Gasteiger partial charge in [-0.05, 0) is 25.7 Å². The van der Waals surface area contributed by atoms with E-state index in [1.807, 2.05) is 0 Å². The number of carbonyl (C=O) groups excluding carboxylic acids is 1. The van der Waals surface area contributed by atoms with E-state index < -0.39 is 0 Å². The number of hydrogen-bond donors (Lipinski definition) is 0. The van der Waals surface area contributed by atoms with Crippen molar-refractivity contribution in [1.29, 1.82) is 0 Å². The van der Waals surface area contributed by atoms with Crippen LogP contribution >= 0.6 is 0 Å². The molecule has 0 heterocycles. The Balaban J connectivity index is 2.93. The van der Waals surface area contributed by atoms with Crippen molar-refractivity contribution in [2.75, 3.05) is 0 Å². The van der Waals surface area contributed by atoms with Crippen molar-refractivity contribution in [3.05, 3.63) is 12.2 Å². The molecule has 0 amide bonds. The number of rotatable bonds is 13. The first-order valence-electron chi connectivity index (χ1n) is 7.50. The van der Waals surface area contributed by atoms with Crippen LogP contribution in [0.15, 0.2) is 12.2 Å². The maximum Gasteiger partial charge on any atom is 0.119 e. The second-order valence-corrected chi connectivity index (χ2v) is 4.81. The molecule has 0 atom stereocenters. The van der Waals surface area contributed by atoms with Crippen LogP contribution in [0.4, 0.5) is 0 Å². The Hall–Kier alpha value is -0.590. The van der Waals surface area contributed by atoms with Gasteiger partial charge in [0.25, 0.3) is 0 Å². The lowest BCUT2D eigenvalue weighted by Gasteiger charge is -2.01. The average Bonchev–Trinajstić information content (AvgIpc) is 2.35. The summed E-state index contributed by atoms with van der Waals surface area (Å²) >= 11 is 0. The quantitative estimate of drug-likeness (QED) is 0.237. The molecule has 0 aromatic carbocycles. The summed E-state index contributed by atoms with van der Waals surface area (Å²) in [6.45, 7) is 2.19. The van der Waals surface area contributed by atoms with E-state index in [9.17, 15) is 4.79 Å². The molecule has 0 radical (unpaired) electrons. The van der Waals surface area contributed by atoms with Crippen molar-refractivity contribution in [2.45, 2.75) is 84.0 Å². The highest BCUT2D eigenvalue weighted by molar-refractivity contribution is 5.48. The molecule has 0 N–H and O–H groups in total. The zero-order valence-corrected chi connectivity index (χ0v) is 11.6. The van der Waals surface area contributed by atoms with Gasteiger partial charge >= 0.3 is 0 Å². The monoisotopic (exact) mass is 238 g/mol. The number of allylic oxidation sites excluding steroid dienone is 2. The Labute approximate surface area is 108 Å². The molecule has 1 nitrogen and oxygen atoms in total. The predicted molar refractivity (Wildman–Crippen MR) is 76.3 cm³/mol. The molecule has 0 aliphatic carbocycles. The van der Waals surface area contributed by atoms with Gasteiger partial charge in [0, 0.05) is 6.42 Å². The summed E-state index contributed by atoms with van der Waals surface area (Å²) in [5, 5.41) is 0. The maximum atomic E-state index is 10.1. The lowest BCUT2D eigenvalue weighted by molar-refractivity contribution is -0.107. The minimum Gasteiger partial charge on any atom is -0.303 e. The molecular formula is C16H30O. The molecule has 0 aromatic heterocycles. The van der Waals surface area contributed by atoms with E-state index in [-0.39, 0.29) is 0 Å². The first kappa shape index (κ1) is 16.4. The SMILES string of the molecule is CC/C=C\CCCCCCCCCCCC=O. The molecule has 0 aromatic rings. The maximum absolute atomic E-state index is 10.1. The summed E-state index contributed by atoms with van der Waals surface area (Å²) in [5.41, 5.74) is 0. The second kappa shape index (κ2) is 15.4. The molecule has 0 saturated carbocycles. The van der Waals surface area contributed by atoms with Crippen LogP contribution in [-0.2, 0) is 4.79 Å². The third-order valence-corrected chi connectivity index (χ3v) is 3.10. The van der Waals surface area contributed by atoms with Crippen molar-refractivity contribution in [1.82, 2.24) is 0 Å². The smallest absolute Gasteiger partial charge is 0.119 e. The summed E-state index contributed by atoms with van der Waals surface area (Å²) in [7, 11) is 0. The molecule has 0 aliphatic heterocycles. The molecule has 0 spiro atoms. The first-order chi connectivity index (χ1) is 8.41. The summed E-state index contributed by atoms with van der Waals surface area (Å²) in [4.78, 5) is 10.1. The Kier molecular flexibility index (Phi) is 14.9. The van der Waals surface area contributed by atoms with Gasteiger partial charge < -0.3 is 4.79 Å². The van der Waals surface area contributed by atoms with Gasteiger partial charge in [0.2, 0.25) is 0 Å². The van der Waals surface area contributed by atoms with E-state index in [1.165, 1.54) is 64.2 Å². The average molecular weight is 238 g/mol. The standard InChI is InChI=1S/C16H30O/c1-2-3-4-5-6-7-8-9-10-11-12-13-14-15-16-17/h3-4,16H,2,5-15H2,1H3/b4-3-. The summed E-state index contributed by atoms with van der Waals surface area (Å²) in [5.74, 6) is 0. The minimum absolute atomic E-state index is 0.755. The highest BCUT2D eigenvalue weighted by atomic mass is 16.1. The van der Waals surface area contributed by atoms with E-state index in [4.69, 9.17) is 0 Å². The molecule has 0 fully saturated rings. The van der Waals surface area contributed by atoms with Crippen LogP contribution in [-0.4, -0.2) is 6.29 Å². The van der Waals surface area contributed by atoms with Crippen molar-refractivity contribution in [3.63, 3.8) is 0 Å². The van der Waals surface area contributed by atoms with Gasteiger partial charge in [-0.3, -0.25) is 0 Å². The van der Waals surface area contributed by atoms with Crippen LogP contribution in [0.2, 0.25) is 0 Å². The Morgan fingerprint density at radius 3 is 1.59 bits per heavy atom. The van der Waals surface area contributed by atoms with E-state index >= 15 is 0 Å². The zero-order valence-electron chi connectivity index (χ0n) is 11.6. The van der Waals surface area contributed by atoms with Gasteiger partial charge in [-0.25, -0.2) is 0 Å². The fourth-order valence-electron chi connectivity index (χ4n) is 2.01. The van der Waals surface area contributed by atoms with Crippen LogP contribution in [0.5, 0.6) is 0 Å². The van der Waals surface area contributed by atoms with E-state index in [1.54, 1.807) is 0 Å². The van der Waals surface area contributed by atoms with Gasteiger partial charge in [0.15, 0.2) is 0 Å². The minimum atomic E-state index is 0.755. The van der Waals surface area contributed by atoms with E-state index in [2.05, 4.69) is 19.1 Å². The zero-order chi connectivity index (χ0) is 12.6. The fourth-order valence-corrected chi connectivity index (χ4v) is 2.01. The lowest BCUT2D eigenvalue weighted by atomic mass is 10.1. The van der Waals surface area contributed by atoms with Gasteiger partial charge in [-0.2, -0.15) is 0 Å². The van der Waals surface area contributed by atoms with Crippen molar-refractivity contribution in [2.24, 2.45) is 0 Å². The summed E-state index contributed by atoms with van der Waals surface area (Å²) < 4.78 is 0. The third kappa shape index (κ3) is 15.4. The van der Waals surface area contributed by atoms with Gasteiger partial charge in [-0.15, -0.1) is 0 Å². The number of unbranched alkanes of at least 4 members (excludes halogenated alkanes) is 10. The first-order valence-corrected chi connectivity index (χ1v) is 7.50. The van der Waals surface area contributed by atoms with Gasteiger partial charge in [0.1, 0.15) is 6.29 Å². The van der Waals surface area contributed by atoms with E-state index in [0.29, 0.717) is 0 Å². The molecule has 0 unspecified atom stereocenters. The molecule has 1 heteroatoms. The number of aldehydes is 1. The molecule has 0 rings (SSSR count). The van der Waals surface area contributed by atoms with Crippen molar-refractivity contribution in [3.8, 4) is 0 Å². The highest BCUT2D eigenvalue weighted by Crippen LogP contribution is 2.11. The molecule has 0 bridgehead atoms. The highest BCUT2D eigenvalue weighted by Gasteiger charge is 1.92. The van der Waals surface area contributed by atoms with Crippen LogP contribution in [0.3, 0.4) is 0 Å². The van der Waals surface area contributed by atoms with Crippen molar-refractivity contribution >= 4 is 6.29 Å². The molecule has 100 valence electrons. The predicted octanol–water partition coefficient (Wildman–Crippen LogP) is 5.44. The topological polar surface area (TPSA) is 17.1 Å². The van der Waals surface area contributed by atoms with E-state index in [0.717, 1.165) is 19.1 Å². The number of carbonyl (C=O) groups is 1. The number of hydrogen-bond acceptors (Lipinski definition) is 1. The normalized spacial score (nSPS) is 11.1. The van der Waals surface area contributed by atoms with Crippen LogP contribution in [0, 0.1) is 0 Å². The lowest BCUT2D eigenvalue weighted by Crippen LogP contribution is -1.82. The Bertz CT molecular complexity index is 172. The fraction of sp³-hybridized carbons (Fsp3) is 0.812. The van der Waals surface area contributed by atoms with Gasteiger partial charge in [-0.1, -0.05) is 64.0 Å². The largest absolute Gasteiger partial charge is 0.303 e. The third-order valence-electron chi connectivity index (χ3n) is 3.10. The van der Waals surface area contributed by atoms with Crippen molar-refractivity contribution < 1.29 is 4.79 Å². The second-order valence-electron chi connectivity index (χ2n) is 4.81. The van der Waals surface area contributed by atoms with Crippen LogP contribution < -0.4 is 0 Å². The molecule has 0 aliphatic rings. The summed E-state index contributed by atoms with van der Waals surface area (Å²) in [6.07, 6.45) is 20.7. The van der Waals surface area contributed by atoms with Gasteiger partial charge in [0.05, 0.1) is 0 Å².